The summed E-state index contributed by atoms with van der Waals surface area (Å²) in [4.78, 5) is 8.00. The highest BCUT2D eigenvalue weighted by molar-refractivity contribution is 5.10. The van der Waals surface area contributed by atoms with Crippen molar-refractivity contribution in [2.45, 2.75) is 0 Å². The Morgan fingerprint density at radius 2 is 1.40 bits per heavy atom. The van der Waals surface area contributed by atoms with Gasteiger partial charge in [0.15, 0.2) is 0 Å². The van der Waals surface area contributed by atoms with Crippen LogP contribution < -0.4 is 0 Å². The number of carbonyl (C=O) groups excluding carboxylic acids is 1. The average Bonchev–Trinajstić information content (AvgIpc) is 1.50. The minimum absolute atomic E-state index is 0. The van der Waals surface area contributed by atoms with Crippen LogP contribution in [0.5, 0.6) is 0 Å². The summed E-state index contributed by atoms with van der Waals surface area (Å²) in [7, 11) is 1.00. The van der Waals surface area contributed by atoms with Crippen LogP contribution in [-0.2, 0) is 4.79 Å². The van der Waals surface area contributed by atoms with Crippen molar-refractivity contribution >= 4 is 6.79 Å². The minimum Gasteiger partial charge on any atom is -0.412 e. The van der Waals surface area contributed by atoms with Gasteiger partial charge in [-0.25, -0.2) is 0 Å². The molecule has 0 aromatic rings. The highest BCUT2D eigenvalue weighted by Crippen LogP contribution is 0.755. The largest absolute Gasteiger partial charge is 0.412 e. The summed E-state index contributed by atoms with van der Waals surface area (Å²) in [5.41, 5.74) is 0. The number of rotatable bonds is 0. The summed E-state index contributed by atoms with van der Waals surface area (Å²) in [6.45, 7) is 2.00. The molecule has 0 heterocycles. The van der Waals surface area contributed by atoms with E-state index in [-0.39, 0.29) is 5.48 Å². The molecule has 0 aliphatic rings. The fraction of sp³-hybridized carbons (Fsp3) is 0.500. The van der Waals surface area contributed by atoms with E-state index < -0.39 is 0 Å². The normalized spacial score (nSPS) is 2.00. The van der Waals surface area contributed by atoms with Crippen LogP contribution in [0.2, 0.25) is 0 Å². The maximum Gasteiger partial charge on any atom is 0.106 e. The zero-order valence-electron chi connectivity index (χ0n) is 3.06. The lowest BCUT2D eigenvalue weighted by Crippen LogP contribution is -1.25. The van der Waals surface area contributed by atoms with Crippen molar-refractivity contribution in [3.05, 3.63) is 0 Å². The molecule has 0 aromatic carbocycles. The third-order valence-electron chi connectivity index (χ3n) is 0. The van der Waals surface area contributed by atoms with E-state index in [4.69, 9.17) is 9.90 Å². The highest BCUT2D eigenvalue weighted by Gasteiger charge is 0.839. The Morgan fingerprint density at radius 1 is 1.40 bits per heavy atom. The van der Waals surface area contributed by atoms with Gasteiger partial charge in [0.05, 0.1) is 0 Å². The third kappa shape index (κ3) is 54.0. The van der Waals surface area contributed by atoms with E-state index in [9.17, 15) is 0 Å². The van der Waals surface area contributed by atoms with Crippen molar-refractivity contribution in [1.82, 2.24) is 0 Å². The number of carbonyl (C=O) groups is 1. The molecular weight excluding hydrogens is 72.0 g/mol. The van der Waals surface area contributed by atoms with Crippen molar-refractivity contribution in [2.24, 2.45) is 0 Å². The first kappa shape index (κ1) is 23.4. The standard InChI is InChI=1S/CH4O.CH2O.H2O/c2*1-2;/h2H,1H3;1H2;1H2. The quantitative estimate of drug-likeness (QED) is 0.388. The van der Waals surface area contributed by atoms with Gasteiger partial charge in [0.25, 0.3) is 0 Å². The van der Waals surface area contributed by atoms with Gasteiger partial charge >= 0.3 is 0 Å². The summed E-state index contributed by atoms with van der Waals surface area (Å²) in [5.74, 6) is 0. The van der Waals surface area contributed by atoms with Crippen molar-refractivity contribution < 1.29 is 15.4 Å². The summed E-state index contributed by atoms with van der Waals surface area (Å²) >= 11 is 0. The molecule has 0 radical (unpaired) electrons. The second kappa shape index (κ2) is 143. The number of hydrogen-bond acceptors (Lipinski definition) is 2. The van der Waals surface area contributed by atoms with E-state index in [1.54, 1.807) is 0 Å². The molecule has 34 valence electrons. The van der Waals surface area contributed by atoms with Crippen LogP contribution in [0.15, 0.2) is 0 Å². The van der Waals surface area contributed by atoms with Gasteiger partial charge < -0.3 is 15.4 Å². The Bertz CT molecular complexity index is 4.85. The van der Waals surface area contributed by atoms with E-state index in [2.05, 4.69) is 0 Å². The minimum atomic E-state index is 0. The SMILES string of the molecule is C=O.CO.O. The molecule has 0 fully saturated rings. The molecule has 0 aromatic heterocycles. The molecule has 0 rings (SSSR count). The van der Waals surface area contributed by atoms with Gasteiger partial charge in [0.2, 0.25) is 0 Å². The first-order chi connectivity index (χ1) is 2.00. The number of aliphatic hydroxyl groups excluding tert-OH is 1. The smallest absolute Gasteiger partial charge is 0.106 e. The van der Waals surface area contributed by atoms with E-state index in [1.807, 2.05) is 6.79 Å². The van der Waals surface area contributed by atoms with Crippen LogP contribution in [-0.4, -0.2) is 24.5 Å². The molecule has 3 N–H and O–H groups in total. The predicted octanol–water partition coefficient (Wildman–Crippen LogP) is -1.40. The van der Waals surface area contributed by atoms with E-state index >= 15 is 0 Å². The van der Waals surface area contributed by atoms with Crippen LogP contribution in [0, 0.1) is 0 Å². The zero-order chi connectivity index (χ0) is 4.00. The molecule has 3 heteroatoms. The van der Waals surface area contributed by atoms with Crippen molar-refractivity contribution in [3.63, 3.8) is 0 Å². The molecule has 0 unspecified atom stereocenters. The Labute approximate surface area is 30.5 Å². The van der Waals surface area contributed by atoms with Gasteiger partial charge in [-0.05, 0) is 0 Å². The van der Waals surface area contributed by atoms with E-state index in [1.165, 1.54) is 0 Å². The molecule has 3 nitrogen and oxygen atoms in total. The molecule has 0 spiro atoms. The fourth-order valence-corrected chi connectivity index (χ4v) is 0. The fourth-order valence-electron chi connectivity index (χ4n) is 0. The Balaban J connectivity index is -0.0000000133. The summed E-state index contributed by atoms with van der Waals surface area (Å²) in [6.07, 6.45) is 0. The highest BCUT2D eigenvalue weighted by atomic mass is 16.2. The summed E-state index contributed by atoms with van der Waals surface area (Å²) in [5, 5.41) is 7.00. The average molecular weight is 80.1 g/mol. The summed E-state index contributed by atoms with van der Waals surface area (Å²) < 4.78 is 0. The monoisotopic (exact) mass is 80.0 g/mol. The Kier molecular flexibility index (Phi) is 670. The van der Waals surface area contributed by atoms with Crippen LogP contribution in [0.4, 0.5) is 0 Å². The molecule has 5 heavy (non-hydrogen) atoms. The van der Waals surface area contributed by atoms with Crippen molar-refractivity contribution in [3.8, 4) is 0 Å². The lowest BCUT2D eigenvalue weighted by molar-refractivity contribution is -0.0979. The second-order valence-corrected chi connectivity index (χ2v) is 0. The molecule has 0 saturated carbocycles. The van der Waals surface area contributed by atoms with Gasteiger partial charge in [-0.15, -0.1) is 0 Å². The molecule has 0 atom stereocenters. The zero-order valence-corrected chi connectivity index (χ0v) is 3.06. The topological polar surface area (TPSA) is 68.8 Å². The Hall–Kier alpha value is -0.410. The van der Waals surface area contributed by atoms with Crippen LogP contribution in [0.1, 0.15) is 0 Å². The molecule has 0 amide bonds. The molecule has 0 saturated heterocycles. The van der Waals surface area contributed by atoms with Gasteiger partial charge in [-0.3, -0.25) is 0 Å². The van der Waals surface area contributed by atoms with Gasteiger partial charge in [-0.1, -0.05) is 0 Å². The first-order valence-corrected chi connectivity index (χ1v) is 0.736. The maximum absolute atomic E-state index is 8.00. The molecular formula is C2H8O3. The number of hydrogen-bond donors (Lipinski definition) is 1. The van der Waals surface area contributed by atoms with Crippen molar-refractivity contribution in [2.75, 3.05) is 7.11 Å². The lowest BCUT2D eigenvalue weighted by Gasteiger charge is -1.21. The first-order valence-electron chi connectivity index (χ1n) is 0.736. The van der Waals surface area contributed by atoms with Gasteiger partial charge in [-0.2, -0.15) is 0 Å². The van der Waals surface area contributed by atoms with Crippen molar-refractivity contribution in [1.29, 1.82) is 0 Å². The third-order valence-corrected chi connectivity index (χ3v) is 0. The van der Waals surface area contributed by atoms with E-state index in [0.717, 1.165) is 7.11 Å². The van der Waals surface area contributed by atoms with Crippen LogP contribution in [0.3, 0.4) is 0 Å². The second-order valence-electron chi connectivity index (χ2n) is 0. The van der Waals surface area contributed by atoms with E-state index in [0.29, 0.717) is 0 Å². The lowest BCUT2D eigenvalue weighted by atomic mass is 11.8. The van der Waals surface area contributed by atoms with Crippen LogP contribution >= 0.6 is 0 Å². The number of aliphatic hydroxyl groups is 1. The molecule has 0 bridgehead atoms. The predicted molar refractivity (Wildman–Crippen MR) is 18.9 cm³/mol. The van der Waals surface area contributed by atoms with Gasteiger partial charge in [0, 0.05) is 7.11 Å². The van der Waals surface area contributed by atoms with Gasteiger partial charge in [0.1, 0.15) is 6.79 Å². The van der Waals surface area contributed by atoms with Crippen LogP contribution in [0.25, 0.3) is 0 Å². The molecule has 0 aliphatic heterocycles. The summed E-state index contributed by atoms with van der Waals surface area (Å²) in [6, 6.07) is 0. The Morgan fingerprint density at radius 3 is 1.40 bits per heavy atom. The molecule has 0 aliphatic carbocycles. The maximum atomic E-state index is 8.00.